The molecule has 2 rings (SSSR count). The van der Waals surface area contributed by atoms with Crippen LogP contribution >= 0.6 is 0 Å². The Morgan fingerprint density at radius 2 is 2.12 bits per heavy atom. The highest BCUT2D eigenvalue weighted by Crippen LogP contribution is 2.29. The molecule has 1 aliphatic carbocycles. The van der Waals surface area contributed by atoms with Crippen molar-refractivity contribution in [2.75, 3.05) is 12.3 Å². The zero-order valence-corrected chi connectivity index (χ0v) is 11.0. The molecule has 0 atom stereocenters. The van der Waals surface area contributed by atoms with Crippen molar-refractivity contribution in [3.8, 4) is 0 Å². The Bertz CT molecular complexity index is 356. The number of anilines is 1. The molecule has 2 N–H and O–H groups in total. The molecular formula is C15H24N2. The van der Waals surface area contributed by atoms with Crippen molar-refractivity contribution in [3.05, 3.63) is 29.8 Å². The number of hydrogen-bond acceptors (Lipinski definition) is 2. The Morgan fingerprint density at radius 1 is 1.35 bits per heavy atom. The fourth-order valence-corrected chi connectivity index (χ4v) is 2.18. The molecule has 0 unspecified atom stereocenters. The van der Waals surface area contributed by atoms with Crippen molar-refractivity contribution in [2.45, 2.75) is 45.7 Å². The van der Waals surface area contributed by atoms with E-state index in [1.54, 1.807) is 0 Å². The van der Waals surface area contributed by atoms with Gasteiger partial charge in [-0.2, -0.15) is 0 Å². The topological polar surface area (TPSA) is 29.3 Å². The molecule has 1 saturated carbocycles. The first-order valence-corrected chi connectivity index (χ1v) is 6.73. The number of nitrogen functional groups attached to an aromatic ring is 1. The lowest BCUT2D eigenvalue weighted by molar-refractivity contribution is 0.239. The van der Waals surface area contributed by atoms with Gasteiger partial charge in [0.1, 0.15) is 0 Å². The normalized spacial score (nSPS) is 15.8. The highest BCUT2D eigenvalue weighted by molar-refractivity contribution is 5.40. The lowest BCUT2D eigenvalue weighted by atomic mass is 10.1. The van der Waals surface area contributed by atoms with Crippen LogP contribution in [-0.4, -0.2) is 17.5 Å². The molecule has 0 saturated heterocycles. The Kier molecular flexibility index (Phi) is 4.06. The van der Waals surface area contributed by atoms with Crippen LogP contribution in [0, 0.1) is 5.92 Å². The van der Waals surface area contributed by atoms with Crippen LogP contribution in [0.3, 0.4) is 0 Å². The maximum absolute atomic E-state index is 5.83. The molecule has 0 heterocycles. The first-order chi connectivity index (χ1) is 8.15. The molecule has 0 radical (unpaired) electrons. The lowest BCUT2D eigenvalue weighted by Gasteiger charge is -2.23. The summed E-state index contributed by atoms with van der Waals surface area (Å²) in [6.45, 7) is 6.87. The highest BCUT2D eigenvalue weighted by atomic mass is 15.2. The molecule has 1 aliphatic rings. The van der Waals surface area contributed by atoms with Crippen LogP contribution in [0.4, 0.5) is 5.69 Å². The minimum absolute atomic E-state index is 0.789. The summed E-state index contributed by atoms with van der Waals surface area (Å²) in [4.78, 5) is 2.62. The molecule has 0 aromatic heterocycles. The fraction of sp³-hybridized carbons (Fsp3) is 0.600. The van der Waals surface area contributed by atoms with Gasteiger partial charge in [0.2, 0.25) is 0 Å². The number of nitrogens with zero attached hydrogens (tertiary/aromatic N) is 1. The van der Waals surface area contributed by atoms with Gasteiger partial charge in [0.15, 0.2) is 0 Å². The summed E-state index contributed by atoms with van der Waals surface area (Å²) < 4.78 is 0. The van der Waals surface area contributed by atoms with Crippen LogP contribution in [0.5, 0.6) is 0 Å². The largest absolute Gasteiger partial charge is 0.399 e. The minimum atomic E-state index is 0.789. The zero-order valence-electron chi connectivity index (χ0n) is 11.0. The molecule has 2 nitrogen and oxygen atoms in total. The second-order valence-electron chi connectivity index (χ2n) is 5.63. The van der Waals surface area contributed by atoms with Crippen LogP contribution in [0.2, 0.25) is 0 Å². The molecule has 0 spiro atoms. The van der Waals surface area contributed by atoms with E-state index in [9.17, 15) is 0 Å². The maximum atomic E-state index is 5.83. The summed E-state index contributed by atoms with van der Waals surface area (Å²) >= 11 is 0. The van der Waals surface area contributed by atoms with Gasteiger partial charge in [0.05, 0.1) is 0 Å². The summed E-state index contributed by atoms with van der Waals surface area (Å²) in [6, 6.07) is 9.12. The van der Waals surface area contributed by atoms with Crippen LogP contribution in [0.15, 0.2) is 24.3 Å². The number of rotatable bonds is 6. The van der Waals surface area contributed by atoms with Gasteiger partial charge in [-0.05, 0) is 49.4 Å². The van der Waals surface area contributed by atoms with Crippen molar-refractivity contribution in [1.82, 2.24) is 4.90 Å². The lowest BCUT2D eigenvalue weighted by Crippen LogP contribution is -2.27. The molecule has 0 aliphatic heterocycles. The predicted molar refractivity (Wildman–Crippen MR) is 73.7 cm³/mol. The molecule has 1 aromatic carbocycles. The third kappa shape index (κ3) is 4.04. The van der Waals surface area contributed by atoms with Crippen LogP contribution in [0.1, 0.15) is 38.7 Å². The van der Waals surface area contributed by atoms with E-state index in [1.165, 1.54) is 31.4 Å². The first kappa shape index (κ1) is 12.4. The Balaban J connectivity index is 1.93. The second kappa shape index (κ2) is 5.54. The summed E-state index contributed by atoms with van der Waals surface area (Å²) in [7, 11) is 0. The molecule has 94 valence electrons. The van der Waals surface area contributed by atoms with Crippen LogP contribution in [-0.2, 0) is 6.54 Å². The van der Waals surface area contributed by atoms with E-state index in [0.717, 1.165) is 24.2 Å². The molecule has 17 heavy (non-hydrogen) atoms. The monoisotopic (exact) mass is 232 g/mol. The van der Waals surface area contributed by atoms with Crippen molar-refractivity contribution >= 4 is 5.69 Å². The number of nitrogens with two attached hydrogens (primary N) is 1. The zero-order chi connectivity index (χ0) is 12.3. The van der Waals surface area contributed by atoms with Crippen molar-refractivity contribution < 1.29 is 0 Å². The van der Waals surface area contributed by atoms with Crippen molar-refractivity contribution in [1.29, 1.82) is 0 Å². The minimum Gasteiger partial charge on any atom is -0.399 e. The van der Waals surface area contributed by atoms with E-state index in [-0.39, 0.29) is 0 Å². The quantitative estimate of drug-likeness (QED) is 0.763. The first-order valence-electron chi connectivity index (χ1n) is 6.73. The van der Waals surface area contributed by atoms with E-state index in [2.05, 4.69) is 36.9 Å². The van der Waals surface area contributed by atoms with Crippen LogP contribution in [0.25, 0.3) is 0 Å². The van der Waals surface area contributed by atoms with Gasteiger partial charge in [-0.25, -0.2) is 0 Å². The summed E-state index contributed by atoms with van der Waals surface area (Å²) in [5.74, 6) is 0.789. The molecule has 0 amide bonds. The third-order valence-electron chi connectivity index (χ3n) is 3.39. The smallest absolute Gasteiger partial charge is 0.0317 e. The molecule has 1 aromatic rings. The molecule has 0 bridgehead atoms. The molecule has 2 heteroatoms. The van der Waals surface area contributed by atoms with Gasteiger partial charge >= 0.3 is 0 Å². The summed E-state index contributed by atoms with van der Waals surface area (Å²) in [5.41, 5.74) is 8.05. The fourth-order valence-electron chi connectivity index (χ4n) is 2.18. The predicted octanol–water partition coefficient (Wildman–Crippen LogP) is 3.28. The van der Waals surface area contributed by atoms with Crippen LogP contribution < -0.4 is 5.73 Å². The number of hydrogen-bond donors (Lipinski definition) is 1. The molecular weight excluding hydrogens is 208 g/mol. The Morgan fingerprint density at radius 3 is 2.71 bits per heavy atom. The van der Waals surface area contributed by atoms with Crippen molar-refractivity contribution in [3.63, 3.8) is 0 Å². The highest BCUT2D eigenvalue weighted by Gasteiger charge is 2.28. The van der Waals surface area contributed by atoms with E-state index in [1.807, 2.05) is 6.07 Å². The van der Waals surface area contributed by atoms with Gasteiger partial charge in [-0.3, -0.25) is 4.90 Å². The van der Waals surface area contributed by atoms with E-state index in [0.29, 0.717) is 0 Å². The van der Waals surface area contributed by atoms with E-state index < -0.39 is 0 Å². The van der Waals surface area contributed by atoms with E-state index in [4.69, 9.17) is 5.73 Å². The van der Waals surface area contributed by atoms with Gasteiger partial charge < -0.3 is 5.73 Å². The van der Waals surface area contributed by atoms with Crippen molar-refractivity contribution in [2.24, 2.45) is 5.92 Å². The molecule has 1 fully saturated rings. The van der Waals surface area contributed by atoms with Gasteiger partial charge in [-0.1, -0.05) is 26.0 Å². The van der Waals surface area contributed by atoms with Gasteiger partial charge in [0, 0.05) is 18.3 Å². The standard InChI is InChI=1S/C15H24N2/c1-12(2)8-9-17(15-6-7-15)11-13-4-3-5-14(16)10-13/h3-5,10,12,15H,6-9,11,16H2,1-2H3. The van der Waals surface area contributed by atoms with Gasteiger partial charge in [-0.15, -0.1) is 0 Å². The average Bonchev–Trinajstić information content (AvgIpc) is 3.07. The Labute approximate surface area is 105 Å². The van der Waals surface area contributed by atoms with E-state index >= 15 is 0 Å². The summed E-state index contributed by atoms with van der Waals surface area (Å²) in [5, 5.41) is 0. The van der Waals surface area contributed by atoms with Gasteiger partial charge in [0.25, 0.3) is 0 Å². The Hall–Kier alpha value is -1.02. The number of benzene rings is 1. The third-order valence-corrected chi connectivity index (χ3v) is 3.39. The summed E-state index contributed by atoms with van der Waals surface area (Å²) in [6.07, 6.45) is 4.04. The maximum Gasteiger partial charge on any atom is 0.0317 e. The second-order valence-corrected chi connectivity index (χ2v) is 5.63. The average molecular weight is 232 g/mol. The SMILES string of the molecule is CC(C)CCN(Cc1cccc(N)c1)C1CC1.